The number of carbonyl (C=O) groups is 2. The highest BCUT2D eigenvalue weighted by molar-refractivity contribution is 5.76. The molecule has 0 radical (unpaired) electrons. The Morgan fingerprint density at radius 1 is 1.50 bits per heavy atom. The Bertz CT molecular complexity index is 349. The Balaban J connectivity index is 2.56. The fourth-order valence-corrected chi connectivity index (χ4v) is 2.83. The van der Waals surface area contributed by atoms with Crippen molar-refractivity contribution < 1.29 is 14.7 Å². The van der Waals surface area contributed by atoms with Gasteiger partial charge in [0.05, 0.1) is 6.42 Å². The number of nitrogens with zero attached hydrogens (tertiary/aromatic N) is 2. The third kappa shape index (κ3) is 4.67. The number of likely N-dealkylation sites (tertiary alicyclic amines) is 1. The van der Waals surface area contributed by atoms with Crippen molar-refractivity contribution in [3.8, 4) is 0 Å². The van der Waals surface area contributed by atoms with Crippen LogP contribution in [0, 0.1) is 5.92 Å². The van der Waals surface area contributed by atoms with Gasteiger partial charge in [-0.25, -0.2) is 4.79 Å². The molecule has 116 valence electrons. The molecule has 0 saturated carbocycles. The van der Waals surface area contributed by atoms with Crippen LogP contribution in [0.25, 0.3) is 0 Å². The third-order valence-corrected chi connectivity index (χ3v) is 4.02. The Morgan fingerprint density at radius 2 is 2.15 bits per heavy atom. The smallest absolute Gasteiger partial charge is 0.317 e. The molecule has 0 aromatic carbocycles. The van der Waals surface area contributed by atoms with Crippen molar-refractivity contribution in [2.45, 2.75) is 45.7 Å². The van der Waals surface area contributed by atoms with Gasteiger partial charge in [0, 0.05) is 25.2 Å². The van der Waals surface area contributed by atoms with E-state index in [2.05, 4.69) is 24.2 Å². The lowest BCUT2D eigenvalue weighted by Crippen LogP contribution is -2.54. The van der Waals surface area contributed by atoms with Gasteiger partial charge in [0.15, 0.2) is 0 Å². The summed E-state index contributed by atoms with van der Waals surface area (Å²) in [7, 11) is 2.09. The first-order valence-corrected chi connectivity index (χ1v) is 7.32. The molecule has 3 unspecified atom stereocenters. The second-order valence-electron chi connectivity index (χ2n) is 5.82. The third-order valence-electron chi connectivity index (χ3n) is 4.02. The molecule has 3 atom stereocenters. The van der Waals surface area contributed by atoms with Gasteiger partial charge in [0.1, 0.15) is 0 Å². The van der Waals surface area contributed by atoms with Crippen LogP contribution in [0.3, 0.4) is 0 Å². The molecule has 2 N–H and O–H groups in total. The average molecular weight is 285 g/mol. The normalized spacial score (nSPS) is 25.0. The number of nitrogens with one attached hydrogen (secondary N) is 1. The maximum atomic E-state index is 12.3. The van der Waals surface area contributed by atoms with E-state index in [0.717, 1.165) is 19.5 Å². The van der Waals surface area contributed by atoms with Gasteiger partial charge in [-0.2, -0.15) is 0 Å². The fraction of sp³-hybridized carbons (Fsp3) is 0.857. The van der Waals surface area contributed by atoms with Gasteiger partial charge in [-0.15, -0.1) is 0 Å². The maximum Gasteiger partial charge on any atom is 0.317 e. The van der Waals surface area contributed by atoms with E-state index < -0.39 is 5.97 Å². The zero-order chi connectivity index (χ0) is 15.3. The van der Waals surface area contributed by atoms with Crippen LogP contribution in [0.15, 0.2) is 0 Å². The largest absolute Gasteiger partial charge is 0.481 e. The number of carboxylic acids is 1. The molecule has 0 aromatic heterocycles. The molecule has 1 heterocycles. The van der Waals surface area contributed by atoms with Crippen LogP contribution in [0.5, 0.6) is 0 Å². The number of carboxylic acid groups (broad SMARTS) is 1. The summed E-state index contributed by atoms with van der Waals surface area (Å²) in [5, 5.41) is 11.9. The molecule has 6 heteroatoms. The summed E-state index contributed by atoms with van der Waals surface area (Å²) >= 11 is 0. The molecule has 2 amide bonds. The molecule has 0 bridgehead atoms. The van der Waals surface area contributed by atoms with Crippen LogP contribution in [0.1, 0.15) is 33.6 Å². The molecule has 0 aromatic rings. The molecule has 6 nitrogen and oxygen atoms in total. The zero-order valence-corrected chi connectivity index (χ0v) is 12.9. The van der Waals surface area contributed by atoms with Gasteiger partial charge in [0.25, 0.3) is 0 Å². The number of carbonyl (C=O) groups excluding carboxylic acids is 1. The quantitative estimate of drug-likeness (QED) is 0.796. The monoisotopic (exact) mass is 285 g/mol. The van der Waals surface area contributed by atoms with Crippen molar-refractivity contribution in [2.75, 3.05) is 26.7 Å². The number of amides is 2. The van der Waals surface area contributed by atoms with E-state index in [0.29, 0.717) is 12.5 Å². The van der Waals surface area contributed by atoms with Crippen LogP contribution in [-0.2, 0) is 4.79 Å². The summed E-state index contributed by atoms with van der Waals surface area (Å²) in [6, 6.07) is -0.272. The zero-order valence-electron chi connectivity index (χ0n) is 12.9. The van der Waals surface area contributed by atoms with E-state index in [-0.39, 0.29) is 24.5 Å². The first-order valence-electron chi connectivity index (χ1n) is 7.32. The number of aliphatic carboxylic acids is 1. The van der Waals surface area contributed by atoms with E-state index in [1.165, 1.54) is 0 Å². The topological polar surface area (TPSA) is 72.9 Å². The number of rotatable bonds is 5. The molecule has 1 aliphatic rings. The minimum absolute atomic E-state index is 0.0236. The summed E-state index contributed by atoms with van der Waals surface area (Å²) in [6.45, 7) is 8.25. The maximum absolute atomic E-state index is 12.3. The van der Waals surface area contributed by atoms with Gasteiger partial charge in [-0.05, 0) is 39.8 Å². The predicted octanol–water partition coefficient (Wildman–Crippen LogP) is 1.22. The first kappa shape index (κ1) is 16.8. The molecule has 1 rings (SSSR count). The Kier molecular flexibility index (Phi) is 6.26. The van der Waals surface area contributed by atoms with E-state index in [4.69, 9.17) is 5.11 Å². The molecule has 1 fully saturated rings. The Morgan fingerprint density at radius 3 is 2.65 bits per heavy atom. The molecule has 20 heavy (non-hydrogen) atoms. The van der Waals surface area contributed by atoms with Gasteiger partial charge in [-0.1, -0.05) is 6.92 Å². The highest BCUT2D eigenvalue weighted by atomic mass is 16.4. The van der Waals surface area contributed by atoms with Gasteiger partial charge < -0.3 is 20.2 Å². The fourth-order valence-electron chi connectivity index (χ4n) is 2.83. The van der Waals surface area contributed by atoms with E-state index >= 15 is 0 Å². The number of urea groups is 1. The molecule has 1 saturated heterocycles. The summed E-state index contributed by atoms with van der Waals surface area (Å²) < 4.78 is 0. The lowest BCUT2D eigenvalue weighted by molar-refractivity contribution is -0.138. The number of hydrogen-bond acceptors (Lipinski definition) is 3. The Labute approximate surface area is 121 Å². The molecular weight excluding hydrogens is 258 g/mol. The first-order chi connectivity index (χ1) is 9.35. The van der Waals surface area contributed by atoms with Crippen LogP contribution in [0.4, 0.5) is 4.79 Å². The van der Waals surface area contributed by atoms with Crippen molar-refractivity contribution in [3.63, 3.8) is 0 Å². The van der Waals surface area contributed by atoms with Crippen LogP contribution in [0.2, 0.25) is 0 Å². The number of hydrogen-bond donors (Lipinski definition) is 2. The van der Waals surface area contributed by atoms with Crippen molar-refractivity contribution in [3.05, 3.63) is 0 Å². The highest BCUT2D eigenvalue weighted by Gasteiger charge is 2.28. The summed E-state index contributed by atoms with van der Waals surface area (Å²) in [5.74, 6) is -0.470. The molecule has 0 spiro atoms. The SMILES string of the molecule is CCN(C(=O)NC1CCN(C)CC1C)C(C)CC(=O)O. The van der Waals surface area contributed by atoms with E-state index in [1.54, 1.807) is 11.8 Å². The summed E-state index contributed by atoms with van der Waals surface area (Å²) in [6.07, 6.45) is 0.915. The minimum Gasteiger partial charge on any atom is -0.481 e. The van der Waals surface area contributed by atoms with Gasteiger partial charge in [-0.3, -0.25) is 4.79 Å². The predicted molar refractivity (Wildman–Crippen MR) is 77.7 cm³/mol. The lowest BCUT2D eigenvalue weighted by Gasteiger charge is -2.37. The van der Waals surface area contributed by atoms with Crippen LogP contribution < -0.4 is 5.32 Å². The van der Waals surface area contributed by atoms with Gasteiger partial charge in [0.2, 0.25) is 0 Å². The lowest BCUT2D eigenvalue weighted by atomic mass is 9.94. The van der Waals surface area contributed by atoms with Crippen LogP contribution in [-0.4, -0.2) is 65.7 Å². The molecule has 1 aliphatic heterocycles. The van der Waals surface area contributed by atoms with Crippen molar-refractivity contribution in [2.24, 2.45) is 5.92 Å². The minimum atomic E-state index is -0.878. The standard InChI is InChI=1S/C14H27N3O3/c1-5-17(11(3)8-13(18)19)14(20)15-12-6-7-16(4)9-10(12)2/h10-12H,5-9H2,1-4H3,(H,15,20)(H,18,19). The van der Waals surface area contributed by atoms with Crippen LogP contribution >= 0.6 is 0 Å². The van der Waals surface area contributed by atoms with Crippen molar-refractivity contribution >= 4 is 12.0 Å². The van der Waals surface area contributed by atoms with Gasteiger partial charge >= 0.3 is 12.0 Å². The summed E-state index contributed by atoms with van der Waals surface area (Å²) in [5.41, 5.74) is 0. The highest BCUT2D eigenvalue weighted by Crippen LogP contribution is 2.16. The number of piperidine rings is 1. The second-order valence-corrected chi connectivity index (χ2v) is 5.82. The Hall–Kier alpha value is -1.30. The van der Waals surface area contributed by atoms with Crippen molar-refractivity contribution in [1.29, 1.82) is 0 Å². The van der Waals surface area contributed by atoms with E-state index in [9.17, 15) is 9.59 Å². The van der Waals surface area contributed by atoms with E-state index in [1.807, 2.05) is 6.92 Å². The second kappa shape index (κ2) is 7.47. The molecule has 0 aliphatic carbocycles. The van der Waals surface area contributed by atoms with Crippen molar-refractivity contribution in [1.82, 2.24) is 15.1 Å². The molecular formula is C14H27N3O3. The summed E-state index contributed by atoms with van der Waals surface area (Å²) in [4.78, 5) is 26.9. The average Bonchev–Trinajstić information content (AvgIpc) is 2.32.